The zero-order valence-electron chi connectivity index (χ0n) is 24.7. The summed E-state index contributed by atoms with van der Waals surface area (Å²) in [4.78, 5) is 47.4. The fraction of sp³-hybridized carbons (Fsp3) is 0.355. The number of benzene rings is 1. The van der Waals surface area contributed by atoms with Gasteiger partial charge in [-0.3, -0.25) is 14.3 Å². The summed E-state index contributed by atoms with van der Waals surface area (Å²) in [6.45, 7) is 14.0. The highest BCUT2D eigenvalue weighted by Crippen LogP contribution is 2.38. The van der Waals surface area contributed by atoms with Gasteiger partial charge in [-0.05, 0) is 37.0 Å². The van der Waals surface area contributed by atoms with Gasteiger partial charge < -0.3 is 14.9 Å². The zero-order valence-corrected chi connectivity index (χ0v) is 24.7. The molecular weight excluding hydrogens is 556 g/mol. The molecule has 3 aromatic heterocycles. The lowest BCUT2D eigenvalue weighted by Crippen LogP contribution is -2.54. The first-order chi connectivity index (χ1) is 20.5. The number of carbonyl (C=O) groups excluding carboxylic acids is 1. The Balaban J connectivity index is 1.87. The maximum Gasteiger partial charge on any atom is 0.354 e. The molecule has 1 N–H and O–H groups in total. The topological polar surface area (TPSA) is 117 Å². The van der Waals surface area contributed by atoms with Gasteiger partial charge in [0.2, 0.25) is 5.91 Å². The molecule has 0 spiro atoms. The fourth-order valence-corrected chi connectivity index (χ4v) is 5.59. The van der Waals surface area contributed by atoms with Gasteiger partial charge in [0.1, 0.15) is 34.9 Å². The normalized spacial score (nSPS) is 15.5. The minimum absolute atomic E-state index is 0.174. The minimum atomic E-state index is -1.01. The van der Waals surface area contributed by atoms with Crippen molar-refractivity contribution in [3.63, 3.8) is 0 Å². The van der Waals surface area contributed by atoms with Crippen LogP contribution >= 0.6 is 0 Å². The van der Waals surface area contributed by atoms with Crippen molar-refractivity contribution in [3.05, 3.63) is 76.9 Å². The summed E-state index contributed by atoms with van der Waals surface area (Å²) in [6, 6.07) is 3.34. The number of phenols is 1. The van der Waals surface area contributed by atoms with Gasteiger partial charge in [-0.25, -0.2) is 23.5 Å². The molecule has 0 saturated carbocycles. The van der Waals surface area contributed by atoms with Crippen molar-refractivity contribution < 1.29 is 18.7 Å². The van der Waals surface area contributed by atoms with Crippen molar-refractivity contribution >= 4 is 22.6 Å². The van der Waals surface area contributed by atoms with Gasteiger partial charge in [0.25, 0.3) is 0 Å². The molecule has 0 radical (unpaired) electrons. The maximum absolute atomic E-state index is 16.9. The number of hydrogen-bond acceptors (Lipinski definition) is 8. The van der Waals surface area contributed by atoms with E-state index in [0.29, 0.717) is 36.7 Å². The van der Waals surface area contributed by atoms with Crippen LogP contribution in [0.3, 0.4) is 0 Å². The van der Waals surface area contributed by atoms with Gasteiger partial charge in [0.15, 0.2) is 5.82 Å². The quantitative estimate of drug-likeness (QED) is 0.322. The van der Waals surface area contributed by atoms with E-state index in [-0.39, 0.29) is 40.5 Å². The first kappa shape index (κ1) is 29.7. The van der Waals surface area contributed by atoms with Gasteiger partial charge in [0, 0.05) is 31.9 Å². The van der Waals surface area contributed by atoms with E-state index >= 15 is 4.39 Å². The highest BCUT2D eigenvalue weighted by atomic mass is 19.1. The van der Waals surface area contributed by atoms with Gasteiger partial charge >= 0.3 is 5.69 Å². The summed E-state index contributed by atoms with van der Waals surface area (Å²) in [5.41, 5.74) is -0.561. The Morgan fingerprint density at radius 3 is 2.35 bits per heavy atom. The van der Waals surface area contributed by atoms with Crippen molar-refractivity contribution in [1.29, 1.82) is 0 Å². The maximum atomic E-state index is 16.9. The number of carbonyl (C=O) groups is 1. The molecule has 0 bridgehead atoms. The Kier molecular flexibility index (Phi) is 7.96. The second kappa shape index (κ2) is 11.5. The molecule has 12 heteroatoms. The van der Waals surface area contributed by atoms with Crippen LogP contribution in [0.1, 0.15) is 57.8 Å². The number of fused-ring (bicyclic) bond motifs is 1. The number of anilines is 1. The zero-order chi connectivity index (χ0) is 31.2. The molecule has 224 valence electrons. The second-order valence-corrected chi connectivity index (χ2v) is 11.2. The minimum Gasteiger partial charge on any atom is -0.507 e. The third-order valence-corrected chi connectivity index (χ3v) is 7.66. The van der Waals surface area contributed by atoms with Crippen LogP contribution in [0.2, 0.25) is 0 Å². The molecule has 1 amide bonds. The third kappa shape index (κ3) is 5.10. The van der Waals surface area contributed by atoms with E-state index in [4.69, 9.17) is 0 Å². The highest BCUT2D eigenvalue weighted by Gasteiger charge is 2.32. The van der Waals surface area contributed by atoms with E-state index in [9.17, 15) is 19.1 Å². The number of hydrogen-bond donors (Lipinski definition) is 1. The van der Waals surface area contributed by atoms with E-state index in [0.717, 1.165) is 10.6 Å². The first-order valence-corrected chi connectivity index (χ1v) is 14.1. The standard InChI is InChI=1S/C31H33F2N7O3/c1-7-22(42)38-11-12-39(18(6)14-38)30-19-13-34-27(23-20(32)9-8-10-21(23)41)24(33)28(19)40(31(43)37-30)29-25(16(2)3)35-15-36-26(29)17(4)5/h7-10,13,15-18,41H,1,11-12,14H2,2-6H3/t18-/m0/s1. The number of aromatic nitrogens is 5. The predicted molar refractivity (Wildman–Crippen MR) is 160 cm³/mol. The van der Waals surface area contributed by atoms with Crippen LogP contribution in [0.25, 0.3) is 27.8 Å². The number of halogens is 2. The summed E-state index contributed by atoms with van der Waals surface area (Å²) in [6.07, 6.45) is 3.99. The van der Waals surface area contributed by atoms with E-state index < -0.39 is 34.3 Å². The number of amides is 1. The van der Waals surface area contributed by atoms with Crippen LogP contribution in [0.4, 0.5) is 14.6 Å². The Bertz CT molecular complexity index is 1760. The van der Waals surface area contributed by atoms with E-state index in [2.05, 4.69) is 26.5 Å². The average molecular weight is 590 g/mol. The van der Waals surface area contributed by atoms with Crippen LogP contribution in [-0.2, 0) is 4.79 Å². The second-order valence-electron chi connectivity index (χ2n) is 11.2. The molecule has 4 aromatic rings. The predicted octanol–water partition coefficient (Wildman–Crippen LogP) is 4.69. The number of pyridine rings is 1. The molecule has 0 aliphatic carbocycles. The number of rotatable bonds is 6. The molecular formula is C31H33F2N7O3. The lowest BCUT2D eigenvalue weighted by molar-refractivity contribution is -0.126. The molecule has 43 heavy (non-hydrogen) atoms. The largest absolute Gasteiger partial charge is 0.507 e. The van der Waals surface area contributed by atoms with Crippen molar-refractivity contribution in [2.24, 2.45) is 0 Å². The molecule has 5 rings (SSSR count). The van der Waals surface area contributed by atoms with Gasteiger partial charge in [-0.1, -0.05) is 40.3 Å². The highest BCUT2D eigenvalue weighted by molar-refractivity contribution is 5.94. The summed E-state index contributed by atoms with van der Waals surface area (Å²) < 4.78 is 33.1. The van der Waals surface area contributed by atoms with E-state index in [1.165, 1.54) is 30.7 Å². The number of phenolic OH excluding ortho intramolecular Hbond substituents is 1. The lowest BCUT2D eigenvalue weighted by Gasteiger charge is -2.40. The average Bonchev–Trinajstić information content (AvgIpc) is 2.97. The Labute approximate surface area is 247 Å². The molecule has 1 saturated heterocycles. The summed E-state index contributed by atoms with van der Waals surface area (Å²) in [5.74, 6) is -2.77. The molecule has 1 aromatic carbocycles. The van der Waals surface area contributed by atoms with Gasteiger partial charge in [-0.2, -0.15) is 4.98 Å². The summed E-state index contributed by atoms with van der Waals surface area (Å²) in [7, 11) is 0. The first-order valence-electron chi connectivity index (χ1n) is 14.1. The van der Waals surface area contributed by atoms with Crippen LogP contribution in [-0.4, -0.2) is 66.1 Å². The van der Waals surface area contributed by atoms with Gasteiger partial charge in [0.05, 0.1) is 28.0 Å². The Morgan fingerprint density at radius 2 is 1.77 bits per heavy atom. The van der Waals surface area contributed by atoms with Crippen LogP contribution in [0, 0.1) is 11.6 Å². The smallest absolute Gasteiger partial charge is 0.354 e. The van der Waals surface area contributed by atoms with E-state index in [1.807, 2.05) is 39.5 Å². The van der Waals surface area contributed by atoms with Crippen molar-refractivity contribution in [1.82, 2.24) is 29.4 Å². The summed E-state index contributed by atoms with van der Waals surface area (Å²) in [5, 5.41) is 10.7. The van der Waals surface area contributed by atoms with Crippen LogP contribution < -0.4 is 10.6 Å². The van der Waals surface area contributed by atoms with Gasteiger partial charge in [-0.15, -0.1) is 0 Å². The molecule has 1 aliphatic rings. The lowest BCUT2D eigenvalue weighted by atomic mass is 10.0. The molecule has 1 atom stereocenters. The Hall–Kier alpha value is -4.74. The number of nitrogens with zero attached hydrogens (tertiary/aromatic N) is 7. The number of piperazine rings is 1. The molecule has 10 nitrogen and oxygen atoms in total. The summed E-state index contributed by atoms with van der Waals surface area (Å²) >= 11 is 0. The molecule has 1 aliphatic heterocycles. The van der Waals surface area contributed by atoms with Crippen LogP contribution in [0.15, 0.2) is 48.2 Å². The van der Waals surface area contributed by atoms with Crippen molar-refractivity contribution in [2.75, 3.05) is 24.5 Å². The van der Waals surface area contributed by atoms with Crippen molar-refractivity contribution in [3.8, 4) is 22.7 Å². The number of aromatic hydroxyl groups is 1. The monoisotopic (exact) mass is 589 g/mol. The Morgan fingerprint density at radius 1 is 1.09 bits per heavy atom. The molecule has 0 unspecified atom stereocenters. The van der Waals surface area contributed by atoms with Crippen molar-refractivity contribution in [2.45, 2.75) is 52.5 Å². The SMILES string of the molecule is C=CC(=O)N1CCN(c2nc(=O)n(-c3c(C(C)C)ncnc3C(C)C)c3c(F)c(-c4c(O)cccc4F)ncc23)[C@@H](C)C1. The fourth-order valence-electron chi connectivity index (χ4n) is 5.59. The molecule has 4 heterocycles. The van der Waals surface area contributed by atoms with Crippen LogP contribution in [0.5, 0.6) is 5.75 Å². The van der Waals surface area contributed by atoms with E-state index in [1.54, 1.807) is 4.90 Å². The molecule has 1 fully saturated rings. The third-order valence-electron chi connectivity index (χ3n) is 7.66.